The lowest BCUT2D eigenvalue weighted by atomic mass is 9.92. The highest BCUT2D eigenvalue weighted by atomic mass is 32.2. The third kappa shape index (κ3) is 8.76. The Balaban J connectivity index is 0.000000186. The number of hydrogen-bond acceptors (Lipinski definition) is 6. The van der Waals surface area contributed by atoms with Crippen LogP contribution in [-0.4, -0.2) is 37.7 Å². The Morgan fingerprint density at radius 3 is 2.23 bits per heavy atom. The molecular weight excluding hydrogens is 512 g/mol. The van der Waals surface area contributed by atoms with Gasteiger partial charge in [0.2, 0.25) is 0 Å². The summed E-state index contributed by atoms with van der Waals surface area (Å²) >= 11 is 0. The first-order valence-corrected chi connectivity index (χ1v) is 14.7. The van der Waals surface area contributed by atoms with Crippen molar-refractivity contribution in [3.05, 3.63) is 102 Å². The quantitative estimate of drug-likeness (QED) is 0.161. The molecule has 0 aliphatic heterocycles. The smallest absolute Gasteiger partial charge is 0.267 e. The third-order valence-corrected chi connectivity index (χ3v) is 8.35. The van der Waals surface area contributed by atoms with E-state index in [1.807, 2.05) is 0 Å². The van der Waals surface area contributed by atoms with Crippen molar-refractivity contribution in [1.29, 1.82) is 0 Å². The maximum Gasteiger partial charge on any atom is 0.267 e. The van der Waals surface area contributed by atoms with E-state index < -0.39 is 15.9 Å². The van der Waals surface area contributed by atoms with Gasteiger partial charge in [-0.15, -0.1) is 0 Å². The Morgan fingerprint density at radius 1 is 0.897 bits per heavy atom. The molecule has 3 aromatic carbocycles. The molecule has 6 N–H and O–H groups in total. The number of carbonyl (C=O) groups excluding carboxylic acids is 1. The number of benzene rings is 3. The van der Waals surface area contributed by atoms with Crippen LogP contribution in [0.25, 0.3) is 6.08 Å². The van der Waals surface area contributed by atoms with Crippen LogP contribution >= 0.6 is 0 Å². The van der Waals surface area contributed by atoms with E-state index in [-0.39, 0.29) is 4.90 Å². The molecule has 2 atom stereocenters. The van der Waals surface area contributed by atoms with E-state index in [2.05, 4.69) is 40.4 Å². The van der Waals surface area contributed by atoms with Gasteiger partial charge in [-0.25, -0.2) is 13.9 Å². The Bertz CT molecular complexity index is 1340. The largest absolute Gasteiger partial charge is 0.328 e. The van der Waals surface area contributed by atoms with Crippen molar-refractivity contribution >= 4 is 27.7 Å². The number of anilines is 1. The molecule has 2 aliphatic carbocycles. The second-order valence-corrected chi connectivity index (χ2v) is 11.7. The van der Waals surface area contributed by atoms with E-state index in [4.69, 9.17) is 10.9 Å². The average molecular weight is 549 g/mol. The number of nitrogens with one attached hydrogen (secondary N) is 3. The van der Waals surface area contributed by atoms with E-state index in [1.165, 1.54) is 61.4 Å². The van der Waals surface area contributed by atoms with Crippen LogP contribution in [0.1, 0.15) is 49.1 Å². The van der Waals surface area contributed by atoms with Gasteiger partial charge < -0.3 is 11.1 Å². The van der Waals surface area contributed by atoms with E-state index >= 15 is 0 Å². The number of sulfonamides is 1. The summed E-state index contributed by atoms with van der Waals surface area (Å²) in [5.74, 6) is 0.0578. The van der Waals surface area contributed by atoms with Crippen LogP contribution in [0.4, 0.5) is 5.69 Å². The summed E-state index contributed by atoms with van der Waals surface area (Å²) in [5.41, 5.74) is 9.86. The summed E-state index contributed by atoms with van der Waals surface area (Å²) in [6, 6.07) is 27.4. The number of hydrogen-bond donors (Lipinski definition) is 5. The average Bonchev–Trinajstić information content (AvgIpc) is 3.73. The van der Waals surface area contributed by atoms with Gasteiger partial charge in [-0.05, 0) is 73.6 Å². The molecule has 206 valence electrons. The van der Waals surface area contributed by atoms with Crippen molar-refractivity contribution in [1.82, 2.24) is 10.8 Å². The first-order valence-electron chi connectivity index (χ1n) is 13.2. The van der Waals surface area contributed by atoms with Gasteiger partial charge in [0.25, 0.3) is 15.9 Å². The van der Waals surface area contributed by atoms with Crippen LogP contribution in [0.2, 0.25) is 0 Å². The molecule has 0 heterocycles. The Hall–Kier alpha value is -3.50. The van der Waals surface area contributed by atoms with Crippen LogP contribution in [-0.2, 0) is 14.8 Å². The van der Waals surface area contributed by atoms with E-state index in [1.54, 1.807) is 42.5 Å². The summed E-state index contributed by atoms with van der Waals surface area (Å²) in [6.45, 7) is 0. The molecule has 0 bridgehead atoms. The summed E-state index contributed by atoms with van der Waals surface area (Å²) < 4.78 is 27.1. The van der Waals surface area contributed by atoms with E-state index in [0.29, 0.717) is 23.3 Å². The summed E-state index contributed by atoms with van der Waals surface area (Å²) in [6.07, 6.45) is 8.72. The van der Waals surface area contributed by atoms with Crippen LogP contribution < -0.4 is 21.3 Å². The molecule has 3 aromatic rings. The third-order valence-electron chi connectivity index (χ3n) is 6.97. The van der Waals surface area contributed by atoms with Crippen LogP contribution in [0, 0.1) is 0 Å². The Kier molecular flexibility index (Phi) is 9.89. The maximum absolute atomic E-state index is 12.3. The van der Waals surface area contributed by atoms with Gasteiger partial charge in [0.15, 0.2) is 0 Å². The van der Waals surface area contributed by atoms with Crippen molar-refractivity contribution in [3.63, 3.8) is 0 Å². The minimum Gasteiger partial charge on any atom is -0.328 e. The monoisotopic (exact) mass is 548 g/mol. The zero-order chi connectivity index (χ0) is 27.7. The molecule has 8 nitrogen and oxygen atoms in total. The minimum atomic E-state index is -3.71. The minimum absolute atomic E-state index is 0.0721. The lowest BCUT2D eigenvalue weighted by Crippen LogP contribution is -2.38. The summed E-state index contributed by atoms with van der Waals surface area (Å²) in [4.78, 5) is 11.0. The lowest BCUT2D eigenvalue weighted by Gasteiger charge is -2.27. The van der Waals surface area contributed by atoms with Gasteiger partial charge in [-0.3, -0.25) is 14.7 Å². The fourth-order valence-corrected chi connectivity index (χ4v) is 5.86. The summed E-state index contributed by atoms with van der Waals surface area (Å²) in [7, 11) is -3.71. The first kappa shape index (κ1) is 28.5. The second kappa shape index (κ2) is 13.5. The molecule has 1 amide bonds. The zero-order valence-corrected chi connectivity index (χ0v) is 22.6. The first-order chi connectivity index (χ1) is 18.8. The number of hydroxylamine groups is 1. The Morgan fingerprint density at radius 2 is 1.56 bits per heavy atom. The van der Waals surface area contributed by atoms with Crippen molar-refractivity contribution < 1.29 is 18.4 Å². The highest BCUT2D eigenvalue weighted by molar-refractivity contribution is 7.92. The standard InChI is InChI=1S/C15H14N2O4S.C15H22N2/c18-15(16-19)10-9-12-5-4-8-14(11-12)22(20,21)17-13-6-2-1-3-7-13;16-12-6-8-13(9-7-12)17-15-10-14(15)11-4-2-1-3-5-11/h1-11,17,19H,(H,16,18);1-5,12-15,17H,6-10,16H2. The van der Waals surface area contributed by atoms with Crippen molar-refractivity contribution in [2.75, 3.05) is 4.72 Å². The van der Waals surface area contributed by atoms with Gasteiger partial charge in [-0.1, -0.05) is 60.7 Å². The molecule has 2 fully saturated rings. The SMILES string of the molecule is NC1CCC(NC2CC2c2ccccc2)CC1.O=C(C=Cc1cccc(S(=O)(=O)Nc2ccccc2)c1)NO. The molecule has 0 spiro atoms. The van der Waals surface area contributed by atoms with Gasteiger partial charge in [0, 0.05) is 35.8 Å². The Labute approximate surface area is 230 Å². The van der Waals surface area contributed by atoms with Gasteiger partial charge >= 0.3 is 0 Å². The zero-order valence-electron chi connectivity index (χ0n) is 21.7. The predicted octanol–water partition coefficient (Wildman–Crippen LogP) is 4.41. The molecule has 2 saturated carbocycles. The molecule has 0 saturated heterocycles. The second-order valence-electron chi connectivity index (χ2n) is 9.99. The number of para-hydroxylation sites is 1. The van der Waals surface area contributed by atoms with Crippen molar-refractivity contribution in [3.8, 4) is 0 Å². The summed E-state index contributed by atoms with van der Waals surface area (Å²) in [5, 5.41) is 12.2. The molecule has 5 rings (SSSR count). The topological polar surface area (TPSA) is 134 Å². The van der Waals surface area contributed by atoms with Crippen LogP contribution in [0.15, 0.2) is 95.9 Å². The highest BCUT2D eigenvalue weighted by Gasteiger charge is 2.39. The fraction of sp³-hybridized carbons (Fsp3) is 0.300. The molecule has 2 unspecified atom stereocenters. The number of amides is 1. The molecule has 2 aliphatic rings. The number of nitrogens with two attached hydrogens (primary N) is 1. The highest BCUT2D eigenvalue weighted by Crippen LogP contribution is 2.41. The number of rotatable bonds is 8. The number of carbonyl (C=O) groups is 1. The maximum atomic E-state index is 12.3. The molecular formula is C30H36N4O4S. The fourth-order valence-electron chi connectivity index (χ4n) is 4.75. The molecule has 39 heavy (non-hydrogen) atoms. The van der Waals surface area contributed by atoms with Crippen molar-refractivity contribution in [2.24, 2.45) is 5.73 Å². The van der Waals surface area contributed by atoms with Crippen molar-refractivity contribution in [2.45, 2.75) is 61.0 Å². The predicted molar refractivity (Wildman–Crippen MR) is 154 cm³/mol. The van der Waals surface area contributed by atoms with Crippen LogP contribution in [0.5, 0.6) is 0 Å². The van der Waals surface area contributed by atoms with Gasteiger partial charge in [0.05, 0.1) is 4.90 Å². The van der Waals surface area contributed by atoms with Gasteiger partial charge in [-0.2, -0.15) is 0 Å². The lowest BCUT2D eigenvalue weighted by molar-refractivity contribution is -0.124. The van der Waals surface area contributed by atoms with Crippen LogP contribution in [0.3, 0.4) is 0 Å². The van der Waals surface area contributed by atoms with E-state index in [9.17, 15) is 13.2 Å². The molecule has 0 radical (unpaired) electrons. The van der Waals surface area contributed by atoms with E-state index in [0.717, 1.165) is 18.0 Å². The van der Waals surface area contributed by atoms with Gasteiger partial charge in [0.1, 0.15) is 0 Å². The molecule has 9 heteroatoms. The molecule has 0 aromatic heterocycles. The normalized spacial score (nSPS) is 22.4.